The van der Waals surface area contributed by atoms with Gasteiger partial charge in [-0.15, -0.1) is 0 Å². The van der Waals surface area contributed by atoms with Crippen molar-refractivity contribution in [3.63, 3.8) is 0 Å². The lowest BCUT2D eigenvalue weighted by molar-refractivity contribution is -0.127. The summed E-state index contributed by atoms with van der Waals surface area (Å²) >= 11 is 1.24. The first-order valence-corrected chi connectivity index (χ1v) is 6.56. The zero-order valence-corrected chi connectivity index (χ0v) is 11.0. The minimum Gasteiger partial charge on any atom is -0.356 e. The molecule has 1 N–H and O–H groups in total. The van der Waals surface area contributed by atoms with Crippen LogP contribution >= 0.6 is 11.8 Å². The van der Waals surface area contributed by atoms with Crippen molar-refractivity contribution in [3.8, 4) is 0 Å². The Kier molecular flexibility index (Phi) is 5.47. The van der Waals surface area contributed by atoms with E-state index in [2.05, 4.69) is 5.32 Å². The van der Waals surface area contributed by atoms with E-state index in [4.69, 9.17) is 0 Å². The van der Waals surface area contributed by atoms with Crippen molar-refractivity contribution in [1.82, 2.24) is 10.2 Å². The van der Waals surface area contributed by atoms with Crippen LogP contribution in [0.3, 0.4) is 0 Å². The zero-order chi connectivity index (χ0) is 12.8. The molecule has 1 rings (SSSR count). The Bertz CT molecular complexity index is 320. The highest BCUT2D eigenvalue weighted by Crippen LogP contribution is 2.23. The van der Waals surface area contributed by atoms with Gasteiger partial charge in [-0.25, -0.2) is 0 Å². The number of amides is 2. The molecule has 1 heterocycles. The number of hydrogen-bond acceptors (Lipinski definition) is 4. The smallest absolute Gasteiger partial charge is 0.223 e. The van der Waals surface area contributed by atoms with Gasteiger partial charge in [-0.2, -0.15) is 0 Å². The molecule has 1 aliphatic rings. The standard InChI is InChI=1S/C11H18N2O3S/c1-8(14)12-4-3-5-13-7-10(6-11(13)16)17-9(2)15/h10H,3-7H2,1-2H3,(H,12,14). The summed E-state index contributed by atoms with van der Waals surface area (Å²) in [6.45, 7) is 4.87. The molecule has 96 valence electrons. The predicted molar refractivity (Wildman–Crippen MR) is 66.6 cm³/mol. The Morgan fingerprint density at radius 3 is 2.76 bits per heavy atom. The highest BCUT2D eigenvalue weighted by molar-refractivity contribution is 8.14. The van der Waals surface area contributed by atoms with Gasteiger partial charge in [0.2, 0.25) is 11.8 Å². The molecule has 0 radical (unpaired) electrons. The molecule has 6 heteroatoms. The number of thioether (sulfide) groups is 1. The monoisotopic (exact) mass is 258 g/mol. The first-order chi connectivity index (χ1) is 7.99. The number of nitrogens with zero attached hydrogens (tertiary/aromatic N) is 1. The Labute approximate surface area is 105 Å². The molecule has 0 bridgehead atoms. The summed E-state index contributed by atoms with van der Waals surface area (Å²) in [4.78, 5) is 35.0. The Morgan fingerprint density at radius 1 is 1.47 bits per heavy atom. The number of hydrogen-bond donors (Lipinski definition) is 1. The molecular formula is C11H18N2O3S. The second-order valence-electron chi connectivity index (χ2n) is 4.11. The van der Waals surface area contributed by atoms with Crippen LogP contribution in [0.4, 0.5) is 0 Å². The molecule has 0 saturated carbocycles. The summed E-state index contributed by atoms with van der Waals surface area (Å²) in [5.41, 5.74) is 0. The van der Waals surface area contributed by atoms with Crippen LogP contribution in [0.15, 0.2) is 0 Å². The number of nitrogens with one attached hydrogen (secondary N) is 1. The third kappa shape index (κ3) is 5.21. The second-order valence-corrected chi connectivity index (χ2v) is 5.59. The van der Waals surface area contributed by atoms with Crippen LogP contribution < -0.4 is 5.32 Å². The van der Waals surface area contributed by atoms with Gasteiger partial charge < -0.3 is 10.2 Å². The molecule has 2 amide bonds. The van der Waals surface area contributed by atoms with E-state index in [-0.39, 0.29) is 22.2 Å². The number of carbonyl (C=O) groups excluding carboxylic acids is 3. The van der Waals surface area contributed by atoms with Gasteiger partial charge in [0.15, 0.2) is 5.12 Å². The average molecular weight is 258 g/mol. The van der Waals surface area contributed by atoms with Gasteiger partial charge in [-0.3, -0.25) is 14.4 Å². The van der Waals surface area contributed by atoms with E-state index in [0.717, 1.165) is 6.42 Å². The molecule has 1 unspecified atom stereocenters. The molecule has 1 fully saturated rings. The number of likely N-dealkylation sites (tertiary alicyclic amines) is 1. The van der Waals surface area contributed by atoms with Crippen LogP contribution in [0.1, 0.15) is 26.7 Å². The molecule has 0 aromatic heterocycles. The molecule has 1 saturated heterocycles. The molecule has 1 atom stereocenters. The predicted octanol–water partition coefficient (Wildman–Crippen LogP) is 0.393. The van der Waals surface area contributed by atoms with E-state index >= 15 is 0 Å². The fourth-order valence-corrected chi connectivity index (χ4v) is 2.75. The van der Waals surface area contributed by atoms with Gasteiger partial charge in [0.05, 0.1) is 0 Å². The summed E-state index contributed by atoms with van der Waals surface area (Å²) in [6, 6.07) is 0. The van der Waals surface area contributed by atoms with Crippen molar-refractivity contribution in [2.24, 2.45) is 0 Å². The highest BCUT2D eigenvalue weighted by atomic mass is 32.2. The van der Waals surface area contributed by atoms with E-state index in [1.807, 2.05) is 0 Å². The Balaban J connectivity index is 2.23. The molecular weight excluding hydrogens is 240 g/mol. The highest BCUT2D eigenvalue weighted by Gasteiger charge is 2.30. The minimum absolute atomic E-state index is 0.0530. The molecule has 0 aliphatic carbocycles. The minimum atomic E-state index is -0.0530. The molecule has 17 heavy (non-hydrogen) atoms. The summed E-state index contributed by atoms with van der Waals surface area (Å²) in [6.07, 6.45) is 1.20. The molecule has 0 aromatic rings. The molecule has 5 nitrogen and oxygen atoms in total. The van der Waals surface area contributed by atoms with Gasteiger partial charge in [0.25, 0.3) is 0 Å². The van der Waals surface area contributed by atoms with Crippen LogP contribution in [-0.2, 0) is 14.4 Å². The second kappa shape index (κ2) is 6.64. The van der Waals surface area contributed by atoms with Gasteiger partial charge in [-0.1, -0.05) is 11.8 Å². The quantitative estimate of drug-likeness (QED) is 0.725. The third-order valence-electron chi connectivity index (χ3n) is 2.49. The van der Waals surface area contributed by atoms with Crippen molar-refractivity contribution < 1.29 is 14.4 Å². The lowest BCUT2D eigenvalue weighted by atomic mass is 10.4. The van der Waals surface area contributed by atoms with Crippen molar-refractivity contribution in [2.45, 2.75) is 31.9 Å². The molecule has 1 aliphatic heterocycles. The molecule has 0 aromatic carbocycles. The topological polar surface area (TPSA) is 66.5 Å². The van der Waals surface area contributed by atoms with Crippen molar-refractivity contribution in [3.05, 3.63) is 0 Å². The van der Waals surface area contributed by atoms with Crippen molar-refractivity contribution in [2.75, 3.05) is 19.6 Å². The lowest BCUT2D eigenvalue weighted by Gasteiger charge is -2.16. The fraction of sp³-hybridized carbons (Fsp3) is 0.727. The van der Waals surface area contributed by atoms with Gasteiger partial charge in [0.1, 0.15) is 0 Å². The van der Waals surface area contributed by atoms with Crippen LogP contribution in [0.2, 0.25) is 0 Å². The SMILES string of the molecule is CC(=O)NCCCN1CC(SC(C)=O)CC1=O. The van der Waals surface area contributed by atoms with Crippen LogP contribution in [-0.4, -0.2) is 46.7 Å². The van der Waals surface area contributed by atoms with Crippen molar-refractivity contribution in [1.29, 1.82) is 0 Å². The Hall–Kier alpha value is -1.04. The van der Waals surface area contributed by atoms with Crippen molar-refractivity contribution >= 4 is 28.7 Å². The summed E-state index contributed by atoms with van der Waals surface area (Å²) < 4.78 is 0. The lowest BCUT2D eigenvalue weighted by Crippen LogP contribution is -2.30. The average Bonchev–Trinajstić information content (AvgIpc) is 2.52. The van der Waals surface area contributed by atoms with Crippen LogP contribution in [0, 0.1) is 0 Å². The summed E-state index contributed by atoms with van der Waals surface area (Å²) in [5.74, 6) is 0.0503. The van der Waals surface area contributed by atoms with Crippen LogP contribution in [0.25, 0.3) is 0 Å². The largest absolute Gasteiger partial charge is 0.356 e. The van der Waals surface area contributed by atoms with E-state index < -0.39 is 0 Å². The van der Waals surface area contributed by atoms with E-state index in [9.17, 15) is 14.4 Å². The van der Waals surface area contributed by atoms with E-state index in [0.29, 0.717) is 26.1 Å². The van der Waals surface area contributed by atoms with E-state index in [1.165, 1.54) is 25.6 Å². The summed E-state index contributed by atoms with van der Waals surface area (Å²) in [7, 11) is 0. The fourth-order valence-electron chi connectivity index (χ4n) is 1.80. The number of rotatable bonds is 5. The normalized spacial score (nSPS) is 19.5. The van der Waals surface area contributed by atoms with Crippen LogP contribution in [0.5, 0.6) is 0 Å². The van der Waals surface area contributed by atoms with Gasteiger partial charge >= 0.3 is 0 Å². The zero-order valence-electron chi connectivity index (χ0n) is 10.2. The maximum Gasteiger partial charge on any atom is 0.223 e. The first-order valence-electron chi connectivity index (χ1n) is 5.68. The van der Waals surface area contributed by atoms with Gasteiger partial charge in [-0.05, 0) is 6.42 Å². The summed E-state index contributed by atoms with van der Waals surface area (Å²) in [5, 5.41) is 2.85. The first kappa shape index (κ1) is 14.0. The third-order valence-corrected chi connectivity index (χ3v) is 3.47. The Morgan fingerprint density at radius 2 is 2.18 bits per heavy atom. The maximum atomic E-state index is 11.6. The molecule has 0 spiro atoms. The van der Waals surface area contributed by atoms with Gasteiger partial charge in [0, 0.05) is 45.2 Å². The maximum absolute atomic E-state index is 11.6. The number of carbonyl (C=O) groups is 3. The van der Waals surface area contributed by atoms with E-state index in [1.54, 1.807) is 4.90 Å².